The summed E-state index contributed by atoms with van der Waals surface area (Å²) in [5.74, 6) is -2.22. The van der Waals surface area contributed by atoms with Crippen molar-refractivity contribution >= 4 is 11.9 Å². The average Bonchev–Trinajstić information content (AvgIpc) is 2.71. The van der Waals surface area contributed by atoms with Crippen molar-refractivity contribution in [3.8, 4) is 0 Å². The van der Waals surface area contributed by atoms with Crippen LogP contribution < -0.4 is 5.32 Å². The number of rotatable bonds is 15. The third kappa shape index (κ3) is 8.99. The zero-order valence-electron chi connectivity index (χ0n) is 18.0. The molecule has 0 aliphatic carbocycles. The number of nitrogens with one attached hydrogen (secondary N) is 1. The van der Waals surface area contributed by atoms with Crippen molar-refractivity contribution in [3.63, 3.8) is 0 Å². The Morgan fingerprint density at radius 1 is 1.13 bits per heavy atom. The molecule has 174 valence electrons. The van der Waals surface area contributed by atoms with Gasteiger partial charge in [0.1, 0.15) is 18.3 Å². The number of carbonyl (C=O) groups is 2. The van der Waals surface area contributed by atoms with Crippen LogP contribution in [0.2, 0.25) is 0 Å². The lowest BCUT2D eigenvalue weighted by molar-refractivity contribution is -0.151. The lowest BCUT2D eigenvalue weighted by Gasteiger charge is -2.39. The Labute approximate surface area is 178 Å². The molecule has 1 heterocycles. The lowest BCUT2D eigenvalue weighted by Crippen LogP contribution is -2.60. The summed E-state index contributed by atoms with van der Waals surface area (Å²) in [7, 11) is 0. The molecule has 0 saturated carbocycles. The summed E-state index contributed by atoms with van der Waals surface area (Å²) >= 11 is 0. The van der Waals surface area contributed by atoms with Crippen LogP contribution in [0.25, 0.3) is 0 Å². The van der Waals surface area contributed by atoms with Gasteiger partial charge in [-0.2, -0.15) is 0 Å². The molecule has 30 heavy (non-hydrogen) atoms. The number of carboxylic acids is 1. The molecule has 9 nitrogen and oxygen atoms in total. The van der Waals surface area contributed by atoms with E-state index in [0.29, 0.717) is 6.61 Å². The van der Waals surface area contributed by atoms with Gasteiger partial charge in [0.25, 0.3) is 0 Å². The number of unbranched alkanes of at least 4 members (excludes halogenated alkanes) is 7. The monoisotopic (exact) mass is 431 g/mol. The molecule has 0 aromatic rings. The number of hydrogen-bond donors (Lipinski definition) is 5. The minimum Gasteiger partial charge on any atom is -0.478 e. The summed E-state index contributed by atoms with van der Waals surface area (Å²) in [6, 6.07) is -0.921. The van der Waals surface area contributed by atoms with E-state index in [0.717, 1.165) is 19.3 Å². The Morgan fingerprint density at radius 3 is 2.27 bits per heavy atom. The highest BCUT2D eigenvalue weighted by atomic mass is 16.5. The van der Waals surface area contributed by atoms with Crippen LogP contribution in [-0.2, 0) is 19.1 Å². The quantitative estimate of drug-likeness (QED) is 0.242. The van der Waals surface area contributed by atoms with E-state index in [2.05, 4.69) is 12.2 Å². The van der Waals surface area contributed by atoms with E-state index in [1.165, 1.54) is 45.1 Å². The molecule has 1 aliphatic rings. The molecule has 0 fully saturated rings. The van der Waals surface area contributed by atoms with E-state index >= 15 is 0 Å². The third-order valence-electron chi connectivity index (χ3n) is 5.09. The second kappa shape index (κ2) is 14.3. The summed E-state index contributed by atoms with van der Waals surface area (Å²) in [5.41, 5.74) is 0. The van der Waals surface area contributed by atoms with E-state index in [-0.39, 0.29) is 0 Å². The minimum atomic E-state index is -1.62. The molecule has 1 rings (SSSR count). The molecular weight excluding hydrogens is 394 g/mol. The predicted molar refractivity (Wildman–Crippen MR) is 110 cm³/mol. The predicted octanol–water partition coefficient (Wildman–Crippen LogP) is 1.10. The van der Waals surface area contributed by atoms with Crippen molar-refractivity contribution in [1.82, 2.24) is 5.32 Å². The molecule has 0 unspecified atom stereocenters. The molecule has 0 bridgehead atoms. The van der Waals surface area contributed by atoms with Gasteiger partial charge in [-0.05, 0) is 12.5 Å². The van der Waals surface area contributed by atoms with Gasteiger partial charge >= 0.3 is 5.97 Å². The largest absolute Gasteiger partial charge is 0.478 e. The summed E-state index contributed by atoms with van der Waals surface area (Å²) in [6.45, 7) is 3.06. The molecule has 1 aliphatic heterocycles. The van der Waals surface area contributed by atoms with Gasteiger partial charge < -0.3 is 35.2 Å². The van der Waals surface area contributed by atoms with Crippen LogP contribution in [0, 0.1) is 0 Å². The maximum absolute atomic E-state index is 11.7. The molecule has 0 aromatic carbocycles. The number of amides is 1. The first-order valence-electron chi connectivity index (χ1n) is 10.8. The molecular formula is C21H37NO8. The SMILES string of the molecule is CCCCCCCCCCO[C@H]1C=C(C(=O)O)O[C@@H]([C@H](O)[C@H](O)CO)[C@@H]1NC(C)=O. The molecule has 5 atom stereocenters. The standard InChI is InChI=1S/C21H37NO8/c1-3-4-5-6-7-8-9-10-11-29-16-12-17(21(27)28)30-20(18(16)22-14(2)24)19(26)15(25)13-23/h12,15-16,18-20,23,25-26H,3-11,13H2,1-2H3,(H,22,24)(H,27,28)/t15-,16+,18-,19-,20-/m1/s1. The van der Waals surface area contributed by atoms with Gasteiger partial charge in [0, 0.05) is 13.5 Å². The Hall–Kier alpha value is -1.68. The summed E-state index contributed by atoms with van der Waals surface area (Å²) in [4.78, 5) is 23.1. The Morgan fingerprint density at radius 2 is 1.73 bits per heavy atom. The van der Waals surface area contributed by atoms with Crippen LogP contribution >= 0.6 is 0 Å². The maximum Gasteiger partial charge on any atom is 0.370 e. The number of aliphatic hydroxyl groups is 3. The van der Waals surface area contributed by atoms with Crippen LogP contribution in [-0.4, -0.2) is 76.0 Å². The van der Waals surface area contributed by atoms with E-state index < -0.39 is 54.7 Å². The van der Waals surface area contributed by atoms with Gasteiger partial charge in [-0.1, -0.05) is 51.9 Å². The number of aliphatic hydroxyl groups excluding tert-OH is 3. The zero-order valence-corrected chi connectivity index (χ0v) is 18.0. The highest BCUT2D eigenvalue weighted by Crippen LogP contribution is 2.25. The van der Waals surface area contributed by atoms with E-state index in [1.807, 2.05) is 0 Å². The lowest BCUT2D eigenvalue weighted by atomic mass is 9.93. The smallest absolute Gasteiger partial charge is 0.370 e. The van der Waals surface area contributed by atoms with E-state index in [4.69, 9.17) is 14.6 Å². The first kappa shape index (κ1) is 26.4. The number of hydrogen-bond acceptors (Lipinski definition) is 7. The minimum absolute atomic E-state index is 0.352. The van der Waals surface area contributed by atoms with Crippen molar-refractivity contribution in [2.75, 3.05) is 13.2 Å². The highest BCUT2D eigenvalue weighted by Gasteiger charge is 2.44. The van der Waals surface area contributed by atoms with Crippen LogP contribution in [0.3, 0.4) is 0 Å². The highest BCUT2D eigenvalue weighted by molar-refractivity contribution is 5.84. The first-order valence-corrected chi connectivity index (χ1v) is 10.8. The van der Waals surface area contributed by atoms with Gasteiger partial charge in [-0.15, -0.1) is 0 Å². The molecule has 0 radical (unpaired) electrons. The maximum atomic E-state index is 11.7. The van der Waals surface area contributed by atoms with Crippen molar-refractivity contribution in [3.05, 3.63) is 11.8 Å². The fraction of sp³-hybridized carbons (Fsp3) is 0.810. The fourth-order valence-corrected chi connectivity index (χ4v) is 3.44. The molecule has 0 aromatic heterocycles. The average molecular weight is 432 g/mol. The van der Waals surface area contributed by atoms with Gasteiger partial charge in [0.05, 0.1) is 12.6 Å². The topological polar surface area (TPSA) is 146 Å². The van der Waals surface area contributed by atoms with E-state index in [9.17, 15) is 24.9 Å². The van der Waals surface area contributed by atoms with Gasteiger partial charge in [0.2, 0.25) is 11.7 Å². The van der Waals surface area contributed by atoms with Crippen molar-refractivity contribution in [1.29, 1.82) is 0 Å². The van der Waals surface area contributed by atoms with Crippen LogP contribution in [0.5, 0.6) is 0 Å². The van der Waals surface area contributed by atoms with Gasteiger partial charge in [-0.25, -0.2) is 4.79 Å². The molecule has 0 saturated heterocycles. The van der Waals surface area contributed by atoms with Crippen molar-refractivity contribution in [2.45, 2.75) is 95.7 Å². The van der Waals surface area contributed by atoms with Crippen LogP contribution in [0.15, 0.2) is 11.8 Å². The molecule has 9 heteroatoms. The van der Waals surface area contributed by atoms with Gasteiger partial charge in [-0.3, -0.25) is 4.79 Å². The summed E-state index contributed by atoms with van der Waals surface area (Å²) in [5, 5.41) is 41.1. The molecule has 1 amide bonds. The van der Waals surface area contributed by atoms with Crippen LogP contribution in [0.1, 0.15) is 65.2 Å². The first-order chi connectivity index (χ1) is 14.3. The van der Waals surface area contributed by atoms with Crippen LogP contribution in [0.4, 0.5) is 0 Å². The number of carbonyl (C=O) groups excluding carboxylic acids is 1. The number of aliphatic carboxylic acids is 1. The second-order valence-corrected chi connectivity index (χ2v) is 7.70. The number of ether oxygens (including phenoxy) is 2. The zero-order chi connectivity index (χ0) is 22.5. The summed E-state index contributed by atoms with van der Waals surface area (Å²) < 4.78 is 11.1. The van der Waals surface area contributed by atoms with Crippen molar-refractivity contribution < 1.29 is 39.5 Å². The number of carboxylic acid groups (broad SMARTS) is 1. The Kier molecular flexibility index (Phi) is 12.6. The molecule has 0 spiro atoms. The Bertz CT molecular complexity index is 553. The fourth-order valence-electron chi connectivity index (χ4n) is 3.44. The summed E-state index contributed by atoms with van der Waals surface area (Å²) in [6.07, 6.45) is 4.87. The van der Waals surface area contributed by atoms with Gasteiger partial charge in [0.15, 0.2) is 6.10 Å². The van der Waals surface area contributed by atoms with Crippen molar-refractivity contribution in [2.24, 2.45) is 0 Å². The normalized spacial score (nSPS) is 23.2. The van der Waals surface area contributed by atoms with E-state index in [1.54, 1.807) is 0 Å². The molecule has 5 N–H and O–H groups in total. The third-order valence-corrected chi connectivity index (χ3v) is 5.09. The second-order valence-electron chi connectivity index (χ2n) is 7.70. The Balaban J connectivity index is 2.71.